The van der Waals surface area contributed by atoms with Gasteiger partial charge in [0.1, 0.15) is 9.84 Å². The zero-order chi connectivity index (χ0) is 20.9. The normalized spacial score (nSPS) is 15.8. The molecule has 6 nitrogen and oxygen atoms in total. The van der Waals surface area contributed by atoms with Crippen LogP contribution in [0.1, 0.15) is 24.0 Å². The molecule has 2 N–H and O–H groups in total. The lowest BCUT2D eigenvalue weighted by atomic mass is 10.1. The highest BCUT2D eigenvalue weighted by molar-refractivity contribution is 7.91. The van der Waals surface area contributed by atoms with Crippen LogP contribution in [0.5, 0.6) is 0 Å². The summed E-state index contributed by atoms with van der Waals surface area (Å²) < 4.78 is 23.3. The second-order valence-corrected chi connectivity index (χ2v) is 10.2. The Labute approximate surface area is 177 Å². The van der Waals surface area contributed by atoms with E-state index in [2.05, 4.69) is 15.5 Å². The van der Waals surface area contributed by atoms with E-state index in [1.807, 2.05) is 36.4 Å². The number of carbonyl (C=O) groups is 1. The van der Waals surface area contributed by atoms with Crippen molar-refractivity contribution in [1.82, 2.24) is 10.2 Å². The highest BCUT2D eigenvalue weighted by Gasteiger charge is 2.26. The fraction of sp³-hybridized carbons (Fsp3) is 0.381. The molecule has 0 spiro atoms. The Morgan fingerprint density at radius 1 is 1.03 bits per heavy atom. The van der Waals surface area contributed by atoms with Crippen LogP contribution in [0.15, 0.2) is 48.5 Å². The van der Waals surface area contributed by atoms with Gasteiger partial charge in [0.25, 0.3) is 0 Å². The molecule has 0 radical (unpaired) electrons. The average molecular weight is 436 g/mol. The molecule has 2 aromatic carbocycles. The van der Waals surface area contributed by atoms with Crippen LogP contribution < -0.4 is 10.6 Å². The monoisotopic (exact) mass is 435 g/mol. The fourth-order valence-electron chi connectivity index (χ4n) is 3.41. The molecular weight excluding hydrogens is 410 g/mol. The third-order valence-electron chi connectivity index (χ3n) is 5.12. The van der Waals surface area contributed by atoms with Crippen molar-refractivity contribution in [1.29, 1.82) is 0 Å². The maximum Gasteiger partial charge on any atom is 0.319 e. The van der Waals surface area contributed by atoms with Gasteiger partial charge in [-0.05, 0) is 61.3 Å². The topological polar surface area (TPSA) is 78.5 Å². The van der Waals surface area contributed by atoms with Gasteiger partial charge in [0.15, 0.2) is 0 Å². The van der Waals surface area contributed by atoms with E-state index in [0.29, 0.717) is 24.4 Å². The van der Waals surface area contributed by atoms with E-state index in [-0.39, 0.29) is 11.3 Å². The van der Waals surface area contributed by atoms with Gasteiger partial charge in [-0.2, -0.15) is 0 Å². The van der Waals surface area contributed by atoms with Gasteiger partial charge >= 0.3 is 6.03 Å². The van der Waals surface area contributed by atoms with E-state index in [1.54, 1.807) is 12.1 Å². The molecule has 2 amide bonds. The minimum Gasteiger partial charge on any atom is -0.334 e. The van der Waals surface area contributed by atoms with E-state index in [9.17, 15) is 13.2 Å². The van der Waals surface area contributed by atoms with Crippen molar-refractivity contribution in [2.75, 3.05) is 24.7 Å². The number of nitrogens with one attached hydrogen (secondary N) is 2. The quantitative estimate of drug-likeness (QED) is 0.725. The van der Waals surface area contributed by atoms with Gasteiger partial charge in [0.2, 0.25) is 0 Å². The van der Waals surface area contributed by atoms with Gasteiger partial charge in [0, 0.05) is 30.1 Å². The standard InChI is InChI=1S/C21H26ClN3O3S/c1-29(27,28)20-10-12-25(13-11-20)15-17-4-8-19(9-5-17)24-21(26)23-14-16-2-6-18(22)7-3-16/h2-9,20H,10-15H2,1H3,(H2,23,24,26). The first-order valence-electron chi connectivity index (χ1n) is 9.59. The largest absolute Gasteiger partial charge is 0.334 e. The number of hydrogen-bond acceptors (Lipinski definition) is 4. The Morgan fingerprint density at radius 3 is 2.21 bits per heavy atom. The average Bonchev–Trinajstić information content (AvgIpc) is 2.69. The van der Waals surface area contributed by atoms with Crippen molar-refractivity contribution >= 4 is 33.2 Å². The first kappa shape index (κ1) is 21.6. The van der Waals surface area contributed by atoms with Crippen molar-refractivity contribution < 1.29 is 13.2 Å². The van der Waals surface area contributed by atoms with Crippen LogP contribution in [0.25, 0.3) is 0 Å². The molecule has 0 aliphatic carbocycles. The number of likely N-dealkylation sites (tertiary alicyclic amines) is 1. The number of rotatable bonds is 6. The fourth-order valence-corrected chi connectivity index (χ4v) is 4.60. The Morgan fingerprint density at radius 2 is 1.62 bits per heavy atom. The second-order valence-electron chi connectivity index (χ2n) is 7.44. The van der Waals surface area contributed by atoms with E-state index in [4.69, 9.17) is 11.6 Å². The molecule has 1 aliphatic rings. The molecule has 1 heterocycles. The molecule has 29 heavy (non-hydrogen) atoms. The number of halogens is 1. The van der Waals surface area contributed by atoms with Crippen LogP contribution in [0, 0.1) is 0 Å². The van der Waals surface area contributed by atoms with Crippen molar-refractivity contribution in [3.8, 4) is 0 Å². The number of benzene rings is 2. The Balaban J connectivity index is 1.44. The van der Waals surface area contributed by atoms with Gasteiger partial charge in [-0.1, -0.05) is 35.9 Å². The summed E-state index contributed by atoms with van der Waals surface area (Å²) >= 11 is 5.85. The predicted molar refractivity (Wildman–Crippen MR) is 117 cm³/mol. The lowest BCUT2D eigenvalue weighted by Gasteiger charge is -2.31. The van der Waals surface area contributed by atoms with E-state index >= 15 is 0 Å². The van der Waals surface area contributed by atoms with E-state index in [0.717, 1.165) is 36.4 Å². The lowest BCUT2D eigenvalue weighted by Crippen LogP contribution is -2.38. The number of piperidine rings is 1. The molecule has 1 fully saturated rings. The number of anilines is 1. The number of urea groups is 1. The summed E-state index contributed by atoms with van der Waals surface area (Å²) in [6, 6.07) is 14.8. The number of carbonyl (C=O) groups excluding carboxylic acids is 1. The third kappa shape index (κ3) is 6.73. The molecule has 0 unspecified atom stereocenters. The maximum atomic E-state index is 12.1. The molecule has 2 aromatic rings. The molecule has 3 rings (SSSR count). The van der Waals surface area contributed by atoms with Gasteiger partial charge in [-0.15, -0.1) is 0 Å². The molecule has 0 aromatic heterocycles. The summed E-state index contributed by atoms with van der Waals surface area (Å²) in [6.45, 7) is 2.76. The van der Waals surface area contributed by atoms with Crippen molar-refractivity contribution in [3.63, 3.8) is 0 Å². The summed E-state index contributed by atoms with van der Waals surface area (Å²) in [5.74, 6) is 0. The first-order chi connectivity index (χ1) is 13.8. The molecule has 156 valence electrons. The molecule has 1 aliphatic heterocycles. The zero-order valence-corrected chi connectivity index (χ0v) is 18.0. The molecule has 0 bridgehead atoms. The van der Waals surface area contributed by atoms with Crippen LogP contribution in [-0.2, 0) is 22.9 Å². The predicted octanol–water partition coefficient (Wildman–Crippen LogP) is 3.67. The second kappa shape index (κ2) is 9.61. The van der Waals surface area contributed by atoms with Crippen molar-refractivity contribution in [2.45, 2.75) is 31.2 Å². The van der Waals surface area contributed by atoms with E-state index < -0.39 is 9.84 Å². The number of nitrogens with zero attached hydrogens (tertiary/aromatic N) is 1. The Bertz CT molecular complexity index is 923. The zero-order valence-electron chi connectivity index (χ0n) is 16.4. The summed E-state index contributed by atoms with van der Waals surface area (Å²) in [5, 5.41) is 6.09. The Hall–Kier alpha value is -2.09. The molecular formula is C21H26ClN3O3S. The minimum atomic E-state index is -2.94. The SMILES string of the molecule is CS(=O)(=O)C1CCN(Cc2ccc(NC(=O)NCc3ccc(Cl)cc3)cc2)CC1. The van der Waals surface area contributed by atoms with Crippen LogP contribution in [-0.4, -0.2) is 43.9 Å². The minimum absolute atomic E-state index is 0.211. The van der Waals surface area contributed by atoms with Crippen molar-refractivity contribution in [3.05, 3.63) is 64.7 Å². The summed E-state index contributed by atoms with van der Waals surface area (Å²) in [5.41, 5.74) is 2.83. The van der Waals surface area contributed by atoms with Crippen LogP contribution >= 0.6 is 11.6 Å². The van der Waals surface area contributed by atoms with E-state index in [1.165, 1.54) is 6.26 Å². The van der Waals surface area contributed by atoms with Gasteiger partial charge in [-0.25, -0.2) is 13.2 Å². The molecule has 0 saturated carbocycles. The van der Waals surface area contributed by atoms with Crippen LogP contribution in [0.3, 0.4) is 0 Å². The van der Waals surface area contributed by atoms with Crippen molar-refractivity contribution in [2.24, 2.45) is 0 Å². The molecule has 8 heteroatoms. The molecule has 1 saturated heterocycles. The third-order valence-corrected chi connectivity index (χ3v) is 7.06. The summed E-state index contributed by atoms with van der Waals surface area (Å²) in [7, 11) is -2.94. The summed E-state index contributed by atoms with van der Waals surface area (Å²) in [4.78, 5) is 14.3. The maximum absolute atomic E-state index is 12.1. The highest BCUT2D eigenvalue weighted by atomic mass is 35.5. The first-order valence-corrected chi connectivity index (χ1v) is 11.9. The molecule has 0 atom stereocenters. The van der Waals surface area contributed by atoms with Gasteiger partial charge in [-0.3, -0.25) is 4.90 Å². The highest BCUT2D eigenvalue weighted by Crippen LogP contribution is 2.19. The van der Waals surface area contributed by atoms with Gasteiger partial charge in [0.05, 0.1) is 5.25 Å². The smallest absolute Gasteiger partial charge is 0.319 e. The number of amides is 2. The van der Waals surface area contributed by atoms with Crippen LogP contribution in [0.2, 0.25) is 5.02 Å². The number of hydrogen-bond donors (Lipinski definition) is 2. The lowest BCUT2D eigenvalue weighted by molar-refractivity contribution is 0.222. The Kier molecular flexibility index (Phi) is 7.16. The van der Waals surface area contributed by atoms with Gasteiger partial charge < -0.3 is 10.6 Å². The summed E-state index contributed by atoms with van der Waals surface area (Å²) in [6.07, 6.45) is 2.70. The van der Waals surface area contributed by atoms with Crippen LogP contribution in [0.4, 0.5) is 10.5 Å². The number of sulfone groups is 1.